The number of hydrogen-bond acceptors (Lipinski definition) is 5. The number of nitrogens with zero attached hydrogens (tertiary/aromatic N) is 2. The van der Waals surface area contributed by atoms with E-state index in [0.717, 1.165) is 25.2 Å². The van der Waals surface area contributed by atoms with Gasteiger partial charge < -0.3 is 20.2 Å². The number of nitrogens with one attached hydrogen (secondary N) is 1. The zero-order chi connectivity index (χ0) is 13.8. The van der Waals surface area contributed by atoms with Crippen LogP contribution in [-0.2, 0) is 11.2 Å². The highest BCUT2D eigenvalue weighted by molar-refractivity contribution is 5.98. The van der Waals surface area contributed by atoms with E-state index in [2.05, 4.69) is 10.3 Å². The zero-order valence-electron chi connectivity index (χ0n) is 11.1. The number of esters is 1. The lowest BCUT2D eigenvalue weighted by Gasteiger charge is -2.02. The van der Waals surface area contributed by atoms with Gasteiger partial charge in [0.1, 0.15) is 11.3 Å². The predicted octanol–water partition coefficient (Wildman–Crippen LogP) is 0.855. The van der Waals surface area contributed by atoms with Gasteiger partial charge in [-0.05, 0) is 32.1 Å². The van der Waals surface area contributed by atoms with Gasteiger partial charge in [0.15, 0.2) is 5.69 Å². The first-order valence-corrected chi connectivity index (χ1v) is 6.17. The van der Waals surface area contributed by atoms with Crippen molar-refractivity contribution in [3.8, 4) is 0 Å². The second-order valence-electron chi connectivity index (χ2n) is 4.26. The number of carbonyl (C=O) groups is 1. The lowest BCUT2D eigenvalue weighted by Crippen LogP contribution is -2.09. The van der Waals surface area contributed by atoms with Crippen LogP contribution in [0, 0.1) is 0 Å². The monoisotopic (exact) mass is 262 g/mol. The summed E-state index contributed by atoms with van der Waals surface area (Å²) in [6.07, 6.45) is 3.56. The molecule has 19 heavy (non-hydrogen) atoms. The molecule has 3 N–H and O–H groups in total. The number of carbonyl (C=O) groups excluding carboxylic acids is 1. The molecule has 2 heterocycles. The Labute approximate surface area is 111 Å². The number of hydrogen-bond donors (Lipinski definition) is 2. The SMILES string of the molecule is CNCCCc1nc(C(=O)OC)c2c(N)cccn12. The quantitative estimate of drug-likeness (QED) is 0.617. The largest absolute Gasteiger partial charge is 0.464 e. The Bertz CT molecular complexity index is 592. The van der Waals surface area contributed by atoms with Gasteiger partial charge in [0.2, 0.25) is 0 Å². The Morgan fingerprint density at radius 3 is 3.05 bits per heavy atom. The van der Waals surface area contributed by atoms with E-state index < -0.39 is 5.97 Å². The van der Waals surface area contributed by atoms with Crippen molar-refractivity contribution < 1.29 is 9.53 Å². The van der Waals surface area contributed by atoms with E-state index in [1.807, 2.05) is 23.7 Å². The smallest absolute Gasteiger partial charge is 0.359 e. The molecule has 0 radical (unpaired) electrons. The molecule has 0 saturated carbocycles. The maximum absolute atomic E-state index is 11.8. The van der Waals surface area contributed by atoms with Gasteiger partial charge >= 0.3 is 5.97 Å². The molecule has 0 atom stereocenters. The molecular weight excluding hydrogens is 244 g/mol. The number of fused-ring (bicyclic) bond motifs is 1. The highest BCUT2D eigenvalue weighted by atomic mass is 16.5. The molecule has 6 nitrogen and oxygen atoms in total. The third-order valence-corrected chi connectivity index (χ3v) is 2.97. The van der Waals surface area contributed by atoms with Crippen LogP contribution in [0.3, 0.4) is 0 Å². The number of rotatable bonds is 5. The third-order valence-electron chi connectivity index (χ3n) is 2.97. The molecule has 0 spiro atoms. The van der Waals surface area contributed by atoms with E-state index in [4.69, 9.17) is 10.5 Å². The minimum atomic E-state index is -0.463. The van der Waals surface area contributed by atoms with Crippen molar-refractivity contribution in [3.05, 3.63) is 29.8 Å². The number of pyridine rings is 1. The molecule has 2 aromatic heterocycles. The van der Waals surface area contributed by atoms with Gasteiger partial charge in [-0.25, -0.2) is 9.78 Å². The Morgan fingerprint density at radius 1 is 1.58 bits per heavy atom. The first-order chi connectivity index (χ1) is 9.19. The highest BCUT2D eigenvalue weighted by Crippen LogP contribution is 2.21. The average molecular weight is 262 g/mol. The number of anilines is 1. The van der Waals surface area contributed by atoms with Gasteiger partial charge in [-0.3, -0.25) is 0 Å². The molecule has 0 bridgehead atoms. The minimum absolute atomic E-state index is 0.278. The molecule has 0 aliphatic rings. The van der Waals surface area contributed by atoms with Gasteiger partial charge in [0.05, 0.1) is 12.8 Å². The summed E-state index contributed by atoms with van der Waals surface area (Å²) in [5.74, 6) is 0.355. The number of ether oxygens (including phenoxy) is 1. The van der Waals surface area contributed by atoms with Crippen molar-refractivity contribution in [3.63, 3.8) is 0 Å². The predicted molar refractivity (Wildman–Crippen MR) is 73.2 cm³/mol. The summed E-state index contributed by atoms with van der Waals surface area (Å²) in [4.78, 5) is 16.1. The normalized spacial score (nSPS) is 10.8. The molecule has 0 aliphatic carbocycles. The molecule has 0 unspecified atom stereocenters. The Kier molecular flexibility index (Phi) is 4.01. The third kappa shape index (κ3) is 2.53. The van der Waals surface area contributed by atoms with Gasteiger partial charge in [0, 0.05) is 12.6 Å². The summed E-state index contributed by atoms with van der Waals surface area (Å²) < 4.78 is 6.61. The fraction of sp³-hybridized carbons (Fsp3) is 0.385. The van der Waals surface area contributed by atoms with Crippen molar-refractivity contribution in [2.45, 2.75) is 12.8 Å². The van der Waals surface area contributed by atoms with Gasteiger partial charge in [-0.2, -0.15) is 0 Å². The standard InChI is InChI=1S/C13H18N4O2/c1-15-7-3-6-10-16-11(13(18)19-2)12-9(14)5-4-8-17(10)12/h4-5,8,15H,3,6-7,14H2,1-2H3. The van der Waals surface area contributed by atoms with Gasteiger partial charge in [-0.1, -0.05) is 0 Å². The number of nitrogens with two attached hydrogens (primary N) is 1. The molecule has 0 amide bonds. The van der Waals surface area contributed by atoms with Crippen molar-refractivity contribution in [1.82, 2.24) is 14.7 Å². The maximum Gasteiger partial charge on any atom is 0.359 e. The number of nitrogen functional groups attached to an aromatic ring is 1. The summed E-state index contributed by atoms with van der Waals surface area (Å²) in [6, 6.07) is 3.59. The topological polar surface area (TPSA) is 81.6 Å². The van der Waals surface area contributed by atoms with E-state index in [1.54, 1.807) is 6.07 Å². The van der Waals surface area contributed by atoms with Crippen LogP contribution >= 0.6 is 0 Å². The number of methoxy groups -OCH3 is 1. The van der Waals surface area contributed by atoms with E-state index >= 15 is 0 Å². The maximum atomic E-state index is 11.8. The first-order valence-electron chi connectivity index (χ1n) is 6.17. The molecule has 6 heteroatoms. The van der Waals surface area contributed by atoms with E-state index in [0.29, 0.717) is 11.2 Å². The molecule has 102 valence electrons. The van der Waals surface area contributed by atoms with Crippen LogP contribution in [-0.4, -0.2) is 36.1 Å². The van der Waals surface area contributed by atoms with Crippen molar-refractivity contribution in [2.75, 3.05) is 26.4 Å². The second-order valence-corrected chi connectivity index (χ2v) is 4.26. The van der Waals surface area contributed by atoms with Crippen LogP contribution in [0.1, 0.15) is 22.7 Å². The molecular formula is C13H18N4O2. The average Bonchev–Trinajstić information content (AvgIpc) is 2.79. The summed E-state index contributed by atoms with van der Waals surface area (Å²) in [5, 5.41) is 3.08. The van der Waals surface area contributed by atoms with Crippen molar-refractivity contribution in [1.29, 1.82) is 0 Å². The molecule has 0 fully saturated rings. The van der Waals surface area contributed by atoms with Crippen LogP contribution in [0.15, 0.2) is 18.3 Å². The summed E-state index contributed by atoms with van der Waals surface area (Å²) in [5.41, 5.74) is 7.36. The van der Waals surface area contributed by atoms with Crippen LogP contribution < -0.4 is 11.1 Å². The summed E-state index contributed by atoms with van der Waals surface area (Å²) in [7, 11) is 3.24. The lowest BCUT2D eigenvalue weighted by molar-refractivity contribution is 0.0597. The van der Waals surface area contributed by atoms with E-state index in [9.17, 15) is 4.79 Å². The van der Waals surface area contributed by atoms with E-state index in [-0.39, 0.29) is 5.69 Å². The Hall–Kier alpha value is -2.08. The lowest BCUT2D eigenvalue weighted by atomic mass is 10.3. The Morgan fingerprint density at radius 2 is 2.37 bits per heavy atom. The minimum Gasteiger partial charge on any atom is -0.464 e. The summed E-state index contributed by atoms with van der Waals surface area (Å²) >= 11 is 0. The van der Waals surface area contributed by atoms with Crippen LogP contribution in [0.2, 0.25) is 0 Å². The molecule has 0 saturated heterocycles. The molecule has 2 aromatic rings. The van der Waals surface area contributed by atoms with Crippen LogP contribution in [0.5, 0.6) is 0 Å². The number of aromatic nitrogens is 2. The fourth-order valence-electron chi connectivity index (χ4n) is 2.07. The Balaban J connectivity index is 2.47. The fourth-order valence-corrected chi connectivity index (χ4v) is 2.07. The summed E-state index contributed by atoms with van der Waals surface area (Å²) in [6.45, 7) is 0.894. The number of aryl methyl sites for hydroxylation is 1. The molecule has 0 aromatic carbocycles. The highest BCUT2D eigenvalue weighted by Gasteiger charge is 2.19. The van der Waals surface area contributed by atoms with E-state index in [1.165, 1.54) is 7.11 Å². The molecule has 2 rings (SSSR count). The van der Waals surface area contributed by atoms with Crippen LogP contribution in [0.4, 0.5) is 5.69 Å². The first kappa shape index (κ1) is 13.4. The molecule has 0 aliphatic heterocycles. The number of imidazole rings is 1. The second kappa shape index (κ2) is 5.71. The van der Waals surface area contributed by atoms with Crippen molar-refractivity contribution in [2.24, 2.45) is 0 Å². The van der Waals surface area contributed by atoms with Crippen LogP contribution in [0.25, 0.3) is 5.52 Å². The van der Waals surface area contributed by atoms with Gasteiger partial charge in [-0.15, -0.1) is 0 Å². The van der Waals surface area contributed by atoms with Crippen molar-refractivity contribution >= 4 is 17.2 Å². The zero-order valence-corrected chi connectivity index (χ0v) is 11.1. The van der Waals surface area contributed by atoms with Gasteiger partial charge in [0.25, 0.3) is 0 Å².